The number of nitrogens with one attached hydrogen (secondary N) is 1. The van der Waals surface area contributed by atoms with Crippen molar-refractivity contribution in [1.82, 2.24) is 4.98 Å². The summed E-state index contributed by atoms with van der Waals surface area (Å²) in [5.74, 6) is 0.522. The van der Waals surface area contributed by atoms with Gasteiger partial charge < -0.3 is 4.74 Å². The smallest absolute Gasteiger partial charge is 0.258 e. The zero-order valence-electron chi connectivity index (χ0n) is 8.78. The molecule has 0 radical (unpaired) electrons. The third-order valence-electron chi connectivity index (χ3n) is 2.09. The molecule has 0 saturated heterocycles. The fraction of sp³-hybridized carbons (Fsp3) is 0.250. The standard InChI is InChI=1S/C12H13NO2/c1-8(2)15-11-7-9-5-3-4-6-10(9)12(14)13-11/h3-8H,1-2H3,(H,13,14). The van der Waals surface area contributed by atoms with Gasteiger partial charge in [-0.15, -0.1) is 0 Å². The molecule has 0 bridgehead atoms. The Kier molecular flexibility index (Phi) is 2.46. The summed E-state index contributed by atoms with van der Waals surface area (Å²) in [6.45, 7) is 3.85. The molecule has 15 heavy (non-hydrogen) atoms. The van der Waals surface area contributed by atoms with Crippen LogP contribution in [0.25, 0.3) is 10.8 Å². The first-order chi connectivity index (χ1) is 7.16. The number of aromatic nitrogens is 1. The van der Waals surface area contributed by atoms with Crippen molar-refractivity contribution >= 4 is 10.8 Å². The minimum atomic E-state index is -0.108. The summed E-state index contributed by atoms with van der Waals surface area (Å²) in [7, 11) is 0. The van der Waals surface area contributed by atoms with Crippen molar-refractivity contribution in [1.29, 1.82) is 0 Å². The molecule has 1 aromatic heterocycles. The van der Waals surface area contributed by atoms with Crippen LogP contribution in [0.2, 0.25) is 0 Å². The number of hydrogen-bond donors (Lipinski definition) is 1. The monoisotopic (exact) mass is 203 g/mol. The van der Waals surface area contributed by atoms with Crippen LogP contribution in [0, 0.1) is 0 Å². The lowest BCUT2D eigenvalue weighted by Crippen LogP contribution is -2.12. The van der Waals surface area contributed by atoms with Gasteiger partial charge in [0.1, 0.15) is 0 Å². The van der Waals surface area contributed by atoms with Gasteiger partial charge in [0.2, 0.25) is 0 Å². The Bertz CT molecular complexity index is 528. The second kappa shape index (κ2) is 3.77. The van der Waals surface area contributed by atoms with E-state index in [1.807, 2.05) is 38.1 Å². The van der Waals surface area contributed by atoms with E-state index in [1.54, 1.807) is 6.07 Å². The van der Waals surface area contributed by atoms with E-state index in [0.717, 1.165) is 5.39 Å². The van der Waals surface area contributed by atoms with Crippen LogP contribution in [0.15, 0.2) is 35.1 Å². The topological polar surface area (TPSA) is 42.1 Å². The summed E-state index contributed by atoms with van der Waals surface area (Å²) in [4.78, 5) is 14.3. The molecule has 3 heteroatoms. The van der Waals surface area contributed by atoms with Gasteiger partial charge in [-0.2, -0.15) is 0 Å². The maximum atomic E-state index is 11.6. The molecule has 78 valence electrons. The van der Waals surface area contributed by atoms with Gasteiger partial charge in [-0.05, 0) is 25.3 Å². The molecule has 0 aliphatic heterocycles. The van der Waals surface area contributed by atoms with E-state index in [9.17, 15) is 4.79 Å². The van der Waals surface area contributed by atoms with Crippen LogP contribution in [0.4, 0.5) is 0 Å². The summed E-state index contributed by atoms with van der Waals surface area (Å²) >= 11 is 0. The van der Waals surface area contributed by atoms with Crippen LogP contribution in [0.1, 0.15) is 13.8 Å². The lowest BCUT2D eigenvalue weighted by molar-refractivity contribution is 0.232. The van der Waals surface area contributed by atoms with Gasteiger partial charge in [-0.1, -0.05) is 18.2 Å². The SMILES string of the molecule is CC(C)Oc1cc2ccccc2c(=O)[nH]1. The lowest BCUT2D eigenvalue weighted by atomic mass is 10.2. The molecule has 0 spiro atoms. The fourth-order valence-electron chi connectivity index (χ4n) is 1.50. The second-order valence-electron chi connectivity index (χ2n) is 3.72. The number of ether oxygens (including phenoxy) is 1. The second-order valence-corrected chi connectivity index (χ2v) is 3.72. The van der Waals surface area contributed by atoms with Crippen LogP contribution in [0.3, 0.4) is 0 Å². The molecule has 1 aromatic carbocycles. The normalized spacial score (nSPS) is 10.9. The number of H-pyrrole nitrogens is 1. The molecule has 1 N–H and O–H groups in total. The first kappa shape index (κ1) is 9.77. The van der Waals surface area contributed by atoms with Gasteiger partial charge in [-0.3, -0.25) is 9.78 Å². The van der Waals surface area contributed by atoms with E-state index >= 15 is 0 Å². The number of aromatic amines is 1. The molecule has 0 amide bonds. The van der Waals surface area contributed by atoms with E-state index in [1.165, 1.54) is 0 Å². The van der Waals surface area contributed by atoms with Gasteiger partial charge in [0.15, 0.2) is 5.88 Å². The molecule has 0 unspecified atom stereocenters. The van der Waals surface area contributed by atoms with Gasteiger partial charge in [0.25, 0.3) is 5.56 Å². The minimum absolute atomic E-state index is 0.0572. The van der Waals surface area contributed by atoms with Gasteiger partial charge in [0, 0.05) is 11.5 Å². The maximum Gasteiger partial charge on any atom is 0.258 e. The molecule has 0 aliphatic carbocycles. The van der Waals surface area contributed by atoms with E-state index in [2.05, 4.69) is 4.98 Å². The summed E-state index contributed by atoms with van der Waals surface area (Å²) in [5, 5.41) is 1.59. The van der Waals surface area contributed by atoms with Crippen molar-refractivity contribution in [3.8, 4) is 5.88 Å². The van der Waals surface area contributed by atoms with Crippen LogP contribution in [0.5, 0.6) is 5.88 Å². The fourth-order valence-corrected chi connectivity index (χ4v) is 1.50. The van der Waals surface area contributed by atoms with Crippen molar-refractivity contribution in [2.24, 2.45) is 0 Å². The van der Waals surface area contributed by atoms with Gasteiger partial charge in [-0.25, -0.2) is 0 Å². The lowest BCUT2D eigenvalue weighted by Gasteiger charge is -2.09. The highest BCUT2D eigenvalue weighted by molar-refractivity contribution is 5.82. The number of pyridine rings is 1. The largest absolute Gasteiger partial charge is 0.476 e. The summed E-state index contributed by atoms with van der Waals surface area (Å²) in [5.41, 5.74) is -0.108. The predicted molar refractivity (Wildman–Crippen MR) is 60.3 cm³/mol. The molecule has 0 fully saturated rings. The Morgan fingerprint density at radius 2 is 2.00 bits per heavy atom. The number of fused-ring (bicyclic) bond motifs is 1. The molecule has 2 aromatic rings. The predicted octanol–water partition coefficient (Wildman–Crippen LogP) is 2.32. The quantitative estimate of drug-likeness (QED) is 0.813. The Morgan fingerprint density at radius 1 is 1.27 bits per heavy atom. The van der Waals surface area contributed by atoms with Crippen molar-refractivity contribution in [3.05, 3.63) is 40.7 Å². The zero-order valence-corrected chi connectivity index (χ0v) is 8.78. The first-order valence-electron chi connectivity index (χ1n) is 4.95. The average Bonchev–Trinajstić information content (AvgIpc) is 2.16. The van der Waals surface area contributed by atoms with Crippen LogP contribution >= 0.6 is 0 Å². The highest BCUT2D eigenvalue weighted by atomic mass is 16.5. The number of hydrogen-bond acceptors (Lipinski definition) is 2. The molecule has 0 saturated carbocycles. The van der Waals surface area contributed by atoms with Crippen LogP contribution in [-0.4, -0.2) is 11.1 Å². The molecular weight excluding hydrogens is 190 g/mol. The highest BCUT2D eigenvalue weighted by Gasteiger charge is 2.02. The third-order valence-corrected chi connectivity index (χ3v) is 2.09. The van der Waals surface area contributed by atoms with Crippen LogP contribution in [-0.2, 0) is 0 Å². The highest BCUT2D eigenvalue weighted by Crippen LogP contribution is 2.14. The number of benzene rings is 1. The molecule has 1 heterocycles. The van der Waals surface area contributed by atoms with Crippen LogP contribution < -0.4 is 10.3 Å². The summed E-state index contributed by atoms with van der Waals surface area (Å²) < 4.78 is 5.45. The van der Waals surface area contributed by atoms with Gasteiger partial charge >= 0.3 is 0 Å². The third kappa shape index (κ3) is 2.01. The maximum absolute atomic E-state index is 11.6. The Balaban J connectivity index is 2.57. The first-order valence-corrected chi connectivity index (χ1v) is 4.95. The number of rotatable bonds is 2. The average molecular weight is 203 g/mol. The zero-order chi connectivity index (χ0) is 10.8. The molecule has 0 atom stereocenters. The summed E-state index contributed by atoms with van der Waals surface area (Å²) in [6.07, 6.45) is 0.0572. The van der Waals surface area contributed by atoms with E-state index in [-0.39, 0.29) is 11.7 Å². The minimum Gasteiger partial charge on any atom is -0.476 e. The molecule has 3 nitrogen and oxygen atoms in total. The van der Waals surface area contributed by atoms with Gasteiger partial charge in [0.05, 0.1) is 6.10 Å². The molecular formula is C12H13NO2. The molecule has 2 rings (SSSR count). The van der Waals surface area contributed by atoms with E-state index < -0.39 is 0 Å². The Hall–Kier alpha value is -1.77. The van der Waals surface area contributed by atoms with Crippen molar-refractivity contribution in [3.63, 3.8) is 0 Å². The molecule has 0 aliphatic rings. The Morgan fingerprint density at radius 3 is 2.73 bits per heavy atom. The van der Waals surface area contributed by atoms with Crippen molar-refractivity contribution < 1.29 is 4.74 Å². The summed E-state index contributed by atoms with van der Waals surface area (Å²) in [6, 6.07) is 9.29. The van der Waals surface area contributed by atoms with E-state index in [0.29, 0.717) is 11.3 Å². The van der Waals surface area contributed by atoms with Crippen molar-refractivity contribution in [2.45, 2.75) is 20.0 Å². The van der Waals surface area contributed by atoms with Crippen molar-refractivity contribution in [2.75, 3.05) is 0 Å². The Labute approximate surface area is 87.7 Å². The van der Waals surface area contributed by atoms with E-state index in [4.69, 9.17) is 4.74 Å².